The fraction of sp³-hybridized carbons (Fsp3) is 0.455. The third-order valence-electron chi connectivity index (χ3n) is 2.92. The van der Waals surface area contributed by atoms with Crippen LogP contribution in [0.15, 0.2) is 34.3 Å². The van der Waals surface area contributed by atoms with Crippen LogP contribution < -0.4 is 0 Å². The van der Waals surface area contributed by atoms with E-state index in [0.717, 1.165) is 0 Å². The lowest BCUT2D eigenvalue weighted by molar-refractivity contribution is 0.518. The van der Waals surface area contributed by atoms with Gasteiger partial charge in [-0.2, -0.15) is 4.31 Å². The topological polar surface area (TPSA) is 66.6 Å². The summed E-state index contributed by atoms with van der Waals surface area (Å²) in [5.41, 5.74) is -0.0260. The Morgan fingerprint density at radius 2 is 2.00 bits per heavy atom. The van der Waals surface area contributed by atoms with Gasteiger partial charge in [-0.3, -0.25) is 0 Å². The lowest BCUT2D eigenvalue weighted by atomic mass is 10.1. The standard InChI is InChI=1S/C11H14N2O3S/c1-8(2)10-7-13(10)17(15,16)11-6-4-3-5-9(11)12-14/h3-6,8,10H,7H2,1-2H3. The summed E-state index contributed by atoms with van der Waals surface area (Å²) in [6.45, 7) is 4.47. The zero-order valence-electron chi connectivity index (χ0n) is 9.70. The Morgan fingerprint density at radius 1 is 1.35 bits per heavy atom. The number of sulfonamides is 1. The van der Waals surface area contributed by atoms with E-state index in [-0.39, 0.29) is 22.5 Å². The van der Waals surface area contributed by atoms with Gasteiger partial charge in [0.05, 0.1) is 0 Å². The van der Waals surface area contributed by atoms with E-state index in [9.17, 15) is 13.3 Å². The van der Waals surface area contributed by atoms with Gasteiger partial charge in [-0.25, -0.2) is 8.42 Å². The normalized spacial score (nSPS) is 23.7. The minimum atomic E-state index is -3.56. The molecule has 0 saturated carbocycles. The predicted octanol–water partition coefficient (Wildman–Crippen LogP) is 2.11. The van der Waals surface area contributed by atoms with Crippen molar-refractivity contribution >= 4 is 15.7 Å². The molecular formula is C11H14N2O3S. The largest absolute Gasteiger partial charge is 0.245 e. The monoisotopic (exact) mass is 254 g/mol. The van der Waals surface area contributed by atoms with Crippen LogP contribution in [0, 0.1) is 10.8 Å². The number of benzene rings is 1. The Kier molecular flexibility index (Phi) is 3.01. The zero-order chi connectivity index (χ0) is 12.6. The molecule has 1 fully saturated rings. The fourth-order valence-corrected chi connectivity index (χ4v) is 3.66. The highest BCUT2D eigenvalue weighted by atomic mass is 32.2. The first-order chi connectivity index (χ1) is 7.98. The number of nitroso groups, excluding NO2 is 1. The van der Waals surface area contributed by atoms with Crippen LogP contribution in [0.25, 0.3) is 0 Å². The van der Waals surface area contributed by atoms with Crippen LogP contribution in [0.3, 0.4) is 0 Å². The summed E-state index contributed by atoms with van der Waals surface area (Å²) in [4.78, 5) is 10.6. The molecule has 2 rings (SSSR count). The van der Waals surface area contributed by atoms with Crippen LogP contribution in [-0.2, 0) is 10.0 Å². The predicted molar refractivity (Wildman–Crippen MR) is 64.4 cm³/mol. The van der Waals surface area contributed by atoms with E-state index in [1.807, 2.05) is 13.8 Å². The average Bonchev–Trinajstić information content (AvgIpc) is 3.09. The average molecular weight is 254 g/mol. The number of hydrogen-bond donors (Lipinski definition) is 0. The smallest absolute Gasteiger partial charge is 0.207 e. The summed E-state index contributed by atoms with van der Waals surface area (Å²) < 4.78 is 25.8. The van der Waals surface area contributed by atoms with Crippen LogP contribution in [0.1, 0.15) is 13.8 Å². The second-order valence-electron chi connectivity index (χ2n) is 4.45. The van der Waals surface area contributed by atoms with Crippen molar-refractivity contribution in [2.45, 2.75) is 24.8 Å². The van der Waals surface area contributed by atoms with Crippen LogP contribution >= 0.6 is 0 Å². The molecule has 17 heavy (non-hydrogen) atoms. The van der Waals surface area contributed by atoms with E-state index in [0.29, 0.717) is 6.54 Å². The van der Waals surface area contributed by atoms with Crippen molar-refractivity contribution in [1.29, 1.82) is 0 Å². The molecule has 0 aromatic heterocycles. The summed E-state index contributed by atoms with van der Waals surface area (Å²) in [6.07, 6.45) is 0. The van der Waals surface area contributed by atoms with Crippen LogP contribution in [0.4, 0.5) is 5.69 Å². The number of rotatable bonds is 4. The van der Waals surface area contributed by atoms with Gasteiger partial charge in [0.15, 0.2) is 0 Å². The zero-order valence-corrected chi connectivity index (χ0v) is 10.5. The van der Waals surface area contributed by atoms with E-state index in [1.165, 1.54) is 16.4 Å². The summed E-state index contributed by atoms with van der Waals surface area (Å²) in [5, 5.41) is 2.76. The second-order valence-corrected chi connectivity index (χ2v) is 6.30. The van der Waals surface area contributed by atoms with Crippen LogP contribution in [0.5, 0.6) is 0 Å². The molecule has 0 N–H and O–H groups in total. The summed E-state index contributed by atoms with van der Waals surface area (Å²) in [7, 11) is -3.56. The van der Waals surface area contributed by atoms with Gasteiger partial charge < -0.3 is 0 Å². The highest BCUT2D eigenvalue weighted by molar-refractivity contribution is 7.89. The van der Waals surface area contributed by atoms with Gasteiger partial charge in [-0.05, 0) is 23.2 Å². The fourth-order valence-electron chi connectivity index (χ4n) is 1.83. The first-order valence-electron chi connectivity index (χ1n) is 5.42. The molecule has 0 aliphatic carbocycles. The Labute approximate surface area is 100 Å². The summed E-state index contributed by atoms with van der Waals surface area (Å²) in [6, 6.07) is 6.06. The van der Waals surface area contributed by atoms with Crippen molar-refractivity contribution in [2.75, 3.05) is 6.54 Å². The second kappa shape index (κ2) is 4.19. The van der Waals surface area contributed by atoms with Gasteiger partial charge in [-0.1, -0.05) is 26.0 Å². The highest BCUT2D eigenvalue weighted by Gasteiger charge is 2.46. The Bertz CT molecular complexity index is 539. The summed E-state index contributed by atoms with van der Waals surface area (Å²) >= 11 is 0. The van der Waals surface area contributed by atoms with Gasteiger partial charge in [0.25, 0.3) is 0 Å². The molecule has 5 nitrogen and oxygen atoms in total. The molecule has 1 aliphatic heterocycles. The summed E-state index contributed by atoms with van der Waals surface area (Å²) in [5.74, 6) is 0.279. The molecule has 0 radical (unpaired) electrons. The molecule has 1 aromatic carbocycles. The number of hydrogen-bond acceptors (Lipinski definition) is 4. The number of nitrogens with zero attached hydrogens (tertiary/aromatic N) is 2. The Hall–Kier alpha value is -1.27. The van der Waals surface area contributed by atoms with Crippen molar-refractivity contribution in [1.82, 2.24) is 4.31 Å². The van der Waals surface area contributed by atoms with Gasteiger partial charge in [0.1, 0.15) is 10.6 Å². The minimum Gasteiger partial charge on any atom is -0.207 e. The van der Waals surface area contributed by atoms with Crippen LogP contribution in [-0.4, -0.2) is 25.3 Å². The Balaban J connectivity index is 2.37. The van der Waals surface area contributed by atoms with Crippen molar-refractivity contribution in [3.8, 4) is 0 Å². The van der Waals surface area contributed by atoms with Crippen molar-refractivity contribution in [3.05, 3.63) is 29.2 Å². The SMILES string of the molecule is CC(C)C1CN1S(=O)(=O)c1ccccc1N=O. The molecular weight excluding hydrogens is 240 g/mol. The maximum Gasteiger partial charge on any atom is 0.245 e. The van der Waals surface area contributed by atoms with Gasteiger partial charge in [0.2, 0.25) is 10.0 Å². The quantitative estimate of drug-likeness (QED) is 0.610. The van der Waals surface area contributed by atoms with Crippen LogP contribution in [0.2, 0.25) is 0 Å². The molecule has 0 spiro atoms. The van der Waals surface area contributed by atoms with E-state index in [1.54, 1.807) is 12.1 Å². The van der Waals surface area contributed by atoms with E-state index >= 15 is 0 Å². The lowest BCUT2D eigenvalue weighted by Gasteiger charge is -2.08. The Morgan fingerprint density at radius 3 is 2.53 bits per heavy atom. The third-order valence-corrected chi connectivity index (χ3v) is 4.86. The molecule has 2 atom stereocenters. The van der Waals surface area contributed by atoms with Crippen molar-refractivity contribution in [3.63, 3.8) is 0 Å². The lowest BCUT2D eigenvalue weighted by Crippen LogP contribution is -2.17. The molecule has 6 heteroatoms. The maximum atomic E-state index is 12.2. The van der Waals surface area contributed by atoms with Gasteiger partial charge in [0, 0.05) is 12.6 Å². The minimum absolute atomic E-state index is 0.00171. The van der Waals surface area contributed by atoms with E-state index in [4.69, 9.17) is 0 Å². The van der Waals surface area contributed by atoms with E-state index in [2.05, 4.69) is 5.18 Å². The van der Waals surface area contributed by atoms with Crippen molar-refractivity contribution < 1.29 is 8.42 Å². The first kappa shape index (κ1) is 12.2. The molecule has 92 valence electrons. The third kappa shape index (κ3) is 2.10. The van der Waals surface area contributed by atoms with E-state index < -0.39 is 10.0 Å². The molecule has 0 amide bonds. The molecule has 0 bridgehead atoms. The van der Waals surface area contributed by atoms with Gasteiger partial charge >= 0.3 is 0 Å². The maximum absolute atomic E-state index is 12.2. The molecule has 1 aromatic rings. The molecule has 1 saturated heterocycles. The highest BCUT2D eigenvalue weighted by Crippen LogP contribution is 2.36. The van der Waals surface area contributed by atoms with Crippen molar-refractivity contribution in [2.24, 2.45) is 11.1 Å². The molecule has 2 unspecified atom stereocenters. The molecule has 1 heterocycles. The first-order valence-corrected chi connectivity index (χ1v) is 6.86. The van der Waals surface area contributed by atoms with Gasteiger partial charge in [-0.15, -0.1) is 4.91 Å². The molecule has 1 aliphatic rings.